The topological polar surface area (TPSA) is 75.8 Å². The second-order valence-electron chi connectivity index (χ2n) is 6.38. The van der Waals surface area contributed by atoms with E-state index in [1.54, 1.807) is 48.5 Å². The molecule has 0 aromatic heterocycles. The smallest absolute Gasteiger partial charge is 0.266 e. The number of carbonyl (C=O) groups is 1. The summed E-state index contributed by atoms with van der Waals surface area (Å²) in [6.45, 7) is 0. The Bertz CT molecular complexity index is 1240. The van der Waals surface area contributed by atoms with Crippen molar-refractivity contribution in [2.24, 2.45) is 4.99 Å². The number of amides is 1. The average Bonchev–Trinajstić information content (AvgIpc) is 3.04. The summed E-state index contributed by atoms with van der Waals surface area (Å²) in [5.74, 6) is -0.929. The van der Waals surface area contributed by atoms with Crippen LogP contribution in [-0.2, 0) is 4.79 Å². The van der Waals surface area contributed by atoms with Crippen LogP contribution in [-0.4, -0.2) is 16.7 Å². The zero-order chi connectivity index (χ0) is 21.3. The highest BCUT2D eigenvalue weighted by molar-refractivity contribution is 9.10. The zero-order valence-electron chi connectivity index (χ0n) is 15.3. The van der Waals surface area contributed by atoms with Crippen molar-refractivity contribution >= 4 is 45.1 Å². The van der Waals surface area contributed by atoms with Gasteiger partial charge in [0.05, 0.1) is 21.7 Å². The lowest BCUT2D eigenvalue weighted by Crippen LogP contribution is -2.33. The molecule has 0 N–H and O–H groups in total. The van der Waals surface area contributed by atoms with Gasteiger partial charge in [-0.25, -0.2) is 9.38 Å². The summed E-state index contributed by atoms with van der Waals surface area (Å²) >= 11 is 3.37. The number of aliphatic imine (C=N–C) groups is 1. The number of nitro benzene ring substituents is 1. The minimum Gasteiger partial charge on any atom is -0.266 e. The molecule has 148 valence electrons. The lowest BCUT2D eigenvalue weighted by molar-refractivity contribution is -0.385. The van der Waals surface area contributed by atoms with Crippen LogP contribution in [0, 0.1) is 15.9 Å². The first-order valence-corrected chi connectivity index (χ1v) is 9.64. The van der Waals surface area contributed by atoms with Crippen molar-refractivity contribution in [3.8, 4) is 0 Å². The maximum absolute atomic E-state index is 14.5. The second kappa shape index (κ2) is 8.00. The van der Waals surface area contributed by atoms with Crippen molar-refractivity contribution in [3.05, 3.63) is 110 Å². The molecule has 1 heterocycles. The Kier molecular flexibility index (Phi) is 5.24. The number of hydrogen-bond acceptors (Lipinski definition) is 4. The quantitative estimate of drug-likeness (QED) is 0.296. The highest BCUT2D eigenvalue weighted by atomic mass is 79.9. The first kappa shape index (κ1) is 19.7. The van der Waals surface area contributed by atoms with Gasteiger partial charge in [-0.15, -0.1) is 0 Å². The third-order valence-electron chi connectivity index (χ3n) is 4.47. The Balaban J connectivity index is 1.89. The fraction of sp³-hybridized carbons (Fsp3) is 0. The lowest BCUT2D eigenvalue weighted by atomic mass is 10.1. The van der Waals surface area contributed by atoms with Crippen LogP contribution in [0.15, 0.2) is 88.0 Å². The molecule has 0 saturated carbocycles. The Morgan fingerprint density at radius 1 is 1.03 bits per heavy atom. The Hall–Kier alpha value is -3.65. The fourth-order valence-corrected chi connectivity index (χ4v) is 3.50. The first-order chi connectivity index (χ1) is 14.5. The molecule has 1 aliphatic rings. The molecule has 0 saturated heterocycles. The Morgan fingerprint density at radius 3 is 2.50 bits per heavy atom. The molecule has 30 heavy (non-hydrogen) atoms. The molecule has 0 radical (unpaired) electrons. The summed E-state index contributed by atoms with van der Waals surface area (Å²) in [7, 11) is 0. The van der Waals surface area contributed by atoms with Crippen molar-refractivity contribution in [1.82, 2.24) is 0 Å². The van der Waals surface area contributed by atoms with Crippen LogP contribution in [0.5, 0.6) is 0 Å². The molecule has 0 atom stereocenters. The van der Waals surface area contributed by atoms with E-state index in [1.165, 1.54) is 35.2 Å². The van der Waals surface area contributed by atoms with E-state index < -0.39 is 16.6 Å². The maximum atomic E-state index is 14.5. The van der Waals surface area contributed by atoms with E-state index in [9.17, 15) is 19.3 Å². The van der Waals surface area contributed by atoms with Crippen LogP contribution in [0.3, 0.4) is 0 Å². The van der Waals surface area contributed by atoms with Gasteiger partial charge in [0, 0.05) is 10.5 Å². The van der Waals surface area contributed by atoms with E-state index in [2.05, 4.69) is 20.9 Å². The van der Waals surface area contributed by atoms with E-state index in [1.807, 2.05) is 0 Å². The number of halogens is 2. The number of hydrogen-bond donors (Lipinski definition) is 0. The molecule has 8 heteroatoms. The fourth-order valence-electron chi connectivity index (χ4n) is 3.12. The third kappa shape index (κ3) is 3.65. The summed E-state index contributed by atoms with van der Waals surface area (Å²) in [5.41, 5.74) is 0.696. The largest absolute Gasteiger partial charge is 0.282 e. The Labute approximate surface area is 179 Å². The highest BCUT2D eigenvalue weighted by Crippen LogP contribution is 2.31. The van der Waals surface area contributed by atoms with Crippen LogP contribution in [0.2, 0.25) is 0 Å². The molecule has 6 nitrogen and oxygen atoms in total. The predicted octanol–water partition coefficient (Wildman–Crippen LogP) is 5.33. The minimum absolute atomic E-state index is 0.0254. The number of rotatable bonds is 4. The van der Waals surface area contributed by atoms with E-state index in [4.69, 9.17) is 0 Å². The third-order valence-corrected chi connectivity index (χ3v) is 4.96. The number of anilines is 1. The van der Waals surface area contributed by atoms with E-state index in [-0.39, 0.29) is 28.3 Å². The van der Waals surface area contributed by atoms with Crippen LogP contribution < -0.4 is 4.90 Å². The van der Waals surface area contributed by atoms with Gasteiger partial charge in [0.25, 0.3) is 11.6 Å². The van der Waals surface area contributed by atoms with Crippen molar-refractivity contribution in [2.75, 3.05) is 4.90 Å². The standard InChI is InChI=1S/C22H13BrFN3O3/c23-15-7-5-8-16(13-15)26-21(17-9-2-3-10-18(17)24)25-19(22(26)28)12-14-6-1-4-11-20(14)27(29)30/h1-13H/b19-12+. The van der Waals surface area contributed by atoms with Gasteiger partial charge in [-0.05, 0) is 42.5 Å². The molecule has 0 spiro atoms. The van der Waals surface area contributed by atoms with Crippen molar-refractivity contribution in [3.63, 3.8) is 0 Å². The molecule has 0 fully saturated rings. The van der Waals surface area contributed by atoms with Crippen LogP contribution in [0.25, 0.3) is 6.08 Å². The highest BCUT2D eigenvalue weighted by Gasteiger charge is 2.34. The SMILES string of the molecule is O=C1/C(=C\c2ccccc2[N+](=O)[O-])N=C(c2ccccc2F)N1c1cccc(Br)c1. The molecular formula is C22H13BrFN3O3. The summed E-state index contributed by atoms with van der Waals surface area (Å²) < 4.78 is 15.3. The van der Waals surface area contributed by atoms with Gasteiger partial charge in [-0.2, -0.15) is 0 Å². The summed E-state index contributed by atoms with van der Waals surface area (Å²) in [4.78, 5) is 29.7. The van der Waals surface area contributed by atoms with Crippen molar-refractivity contribution in [2.45, 2.75) is 0 Å². The first-order valence-electron chi connectivity index (χ1n) is 8.84. The van der Waals surface area contributed by atoms with E-state index >= 15 is 0 Å². The summed E-state index contributed by atoms with van der Waals surface area (Å²) in [6.07, 6.45) is 1.35. The average molecular weight is 466 g/mol. The van der Waals surface area contributed by atoms with Crippen LogP contribution in [0.4, 0.5) is 15.8 Å². The molecule has 0 bridgehead atoms. The van der Waals surface area contributed by atoms with Gasteiger partial charge < -0.3 is 0 Å². The predicted molar refractivity (Wildman–Crippen MR) is 116 cm³/mol. The van der Waals surface area contributed by atoms with Gasteiger partial charge in [0.1, 0.15) is 11.5 Å². The number of para-hydroxylation sites is 1. The van der Waals surface area contributed by atoms with Crippen LogP contribution >= 0.6 is 15.9 Å². The lowest BCUT2D eigenvalue weighted by Gasteiger charge is -2.19. The number of carbonyl (C=O) groups excluding carboxylic acids is 1. The van der Waals surface area contributed by atoms with Gasteiger partial charge >= 0.3 is 0 Å². The minimum atomic E-state index is -0.531. The number of benzene rings is 3. The van der Waals surface area contributed by atoms with Crippen molar-refractivity contribution < 1.29 is 14.1 Å². The van der Waals surface area contributed by atoms with Gasteiger partial charge in [0.15, 0.2) is 5.84 Å². The molecule has 1 aliphatic heterocycles. The maximum Gasteiger partial charge on any atom is 0.282 e. The summed E-state index contributed by atoms with van der Waals surface area (Å²) in [5, 5.41) is 11.3. The monoisotopic (exact) mass is 465 g/mol. The van der Waals surface area contributed by atoms with Crippen molar-refractivity contribution in [1.29, 1.82) is 0 Å². The number of amidine groups is 1. The van der Waals surface area contributed by atoms with Crippen LogP contribution in [0.1, 0.15) is 11.1 Å². The van der Waals surface area contributed by atoms with Gasteiger partial charge in [0.2, 0.25) is 0 Å². The second-order valence-corrected chi connectivity index (χ2v) is 7.30. The molecule has 0 aliphatic carbocycles. The van der Waals surface area contributed by atoms with Gasteiger partial charge in [-0.1, -0.05) is 46.3 Å². The molecule has 3 aromatic rings. The van der Waals surface area contributed by atoms with E-state index in [0.717, 1.165) is 4.47 Å². The molecule has 3 aromatic carbocycles. The normalized spacial score (nSPS) is 14.9. The molecule has 1 amide bonds. The molecular weight excluding hydrogens is 453 g/mol. The molecule has 4 rings (SSSR count). The van der Waals surface area contributed by atoms with E-state index in [0.29, 0.717) is 5.69 Å². The number of nitrogens with zero attached hydrogens (tertiary/aromatic N) is 3. The summed E-state index contributed by atoms with van der Waals surface area (Å²) in [6, 6.07) is 19.0. The number of nitro groups is 1. The zero-order valence-corrected chi connectivity index (χ0v) is 16.9. The van der Waals surface area contributed by atoms with Gasteiger partial charge in [-0.3, -0.25) is 19.8 Å². The Morgan fingerprint density at radius 2 is 1.77 bits per heavy atom. The molecule has 0 unspecified atom stereocenters.